The van der Waals surface area contributed by atoms with Crippen molar-refractivity contribution in [3.05, 3.63) is 35.5 Å². The Morgan fingerprint density at radius 2 is 2.20 bits per heavy atom. The van der Waals surface area contributed by atoms with Gasteiger partial charge in [0.25, 0.3) is 0 Å². The molecule has 0 aliphatic heterocycles. The summed E-state index contributed by atoms with van der Waals surface area (Å²) >= 11 is 0. The summed E-state index contributed by atoms with van der Waals surface area (Å²) in [4.78, 5) is 24.6. The average Bonchev–Trinajstić information content (AvgIpc) is 2.85. The van der Waals surface area contributed by atoms with Crippen LogP contribution in [-0.2, 0) is 4.79 Å². The van der Waals surface area contributed by atoms with Crippen LogP contribution in [0.5, 0.6) is 0 Å². The van der Waals surface area contributed by atoms with E-state index in [1.165, 1.54) is 6.92 Å². The number of aromatic nitrogens is 1. The number of carbonyl (C=O) groups excluding carboxylic acids is 2. The number of aliphatic hydroxyl groups excluding tert-OH is 2. The molecule has 6 heteroatoms. The maximum Gasteiger partial charge on any atom is 0.216 e. The maximum atomic E-state index is 10.9. The fourth-order valence-electron chi connectivity index (χ4n) is 2.02. The summed E-state index contributed by atoms with van der Waals surface area (Å²) in [5.41, 5.74) is 1.75. The highest BCUT2D eigenvalue weighted by Gasteiger charge is 2.19. The molecule has 20 heavy (non-hydrogen) atoms. The van der Waals surface area contributed by atoms with Crippen LogP contribution in [0.3, 0.4) is 0 Å². The number of amides is 1. The third-order valence-corrected chi connectivity index (χ3v) is 3.13. The number of rotatable bonds is 5. The van der Waals surface area contributed by atoms with Crippen LogP contribution in [-0.4, -0.2) is 40.0 Å². The molecule has 2 aromatic rings. The van der Waals surface area contributed by atoms with Crippen LogP contribution in [0.2, 0.25) is 0 Å². The zero-order valence-electron chi connectivity index (χ0n) is 11.0. The predicted molar refractivity (Wildman–Crippen MR) is 73.3 cm³/mol. The summed E-state index contributed by atoms with van der Waals surface area (Å²) in [5.74, 6) is -0.277. The summed E-state index contributed by atoms with van der Waals surface area (Å²) in [7, 11) is 0. The average molecular weight is 276 g/mol. The molecule has 1 amide bonds. The van der Waals surface area contributed by atoms with Crippen LogP contribution < -0.4 is 5.32 Å². The van der Waals surface area contributed by atoms with Crippen molar-refractivity contribution in [3.8, 4) is 0 Å². The number of H-pyrrole nitrogens is 1. The molecule has 6 nitrogen and oxygen atoms in total. The van der Waals surface area contributed by atoms with Gasteiger partial charge in [-0.2, -0.15) is 0 Å². The van der Waals surface area contributed by atoms with Gasteiger partial charge in [-0.25, -0.2) is 0 Å². The highest BCUT2D eigenvalue weighted by atomic mass is 16.3. The van der Waals surface area contributed by atoms with Gasteiger partial charge in [0.15, 0.2) is 6.29 Å². The van der Waals surface area contributed by atoms with Crippen LogP contribution >= 0.6 is 0 Å². The SMILES string of the molecule is CC(=O)NCC(O)C(O)c1ccc2[nH]cc(C=O)c2c1. The molecule has 2 unspecified atom stereocenters. The second kappa shape index (κ2) is 5.85. The van der Waals surface area contributed by atoms with E-state index in [0.717, 1.165) is 11.8 Å². The van der Waals surface area contributed by atoms with Gasteiger partial charge in [-0.15, -0.1) is 0 Å². The number of carbonyl (C=O) groups is 2. The van der Waals surface area contributed by atoms with Crippen molar-refractivity contribution in [3.63, 3.8) is 0 Å². The van der Waals surface area contributed by atoms with Gasteiger partial charge in [0, 0.05) is 36.1 Å². The molecule has 1 heterocycles. The van der Waals surface area contributed by atoms with Gasteiger partial charge in [-0.1, -0.05) is 6.07 Å². The molecule has 2 rings (SSSR count). The largest absolute Gasteiger partial charge is 0.388 e. The van der Waals surface area contributed by atoms with E-state index in [-0.39, 0.29) is 12.5 Å². The Bertz CT molecular complexity index is 635. The first-order valence-corrected chi connectivity index (χ1v) is 6.19. The normalized spacial score (nSPS) is 13.9. The fraction of sp³-hybridized carbons (Fsp3) is 0.286. The second-order valence-corrected chi connectivity index (χ2v) is 4.62. The molecular formula is C14H16N2O4. The molecule has 1 aromatic heterocycles. The van der Waals surface area contributed by atoms with E-state index in [9.17, 15) is 19.8 Å². The summed E-state index contributed by atoms with van der Waals surface area (Å²) in [6.45, 7) is 1.30. The fourth-order valence-corrected chi connectivity index (χ4v) is 2.02. The minimum atomic E-state index is -1.14. The standard InChI is InChI=1S/C14H16N2O4/c1-8(18)15-6-13(19)14(20)9-2-3-12-11(4-9)10(7-17)5-16-12/h2-5,7,13-14,16,19-20H,6H2,1H3,(H,15,18). The smallest absolute Gasteiger partial charge is 0.216 e. The van der Waals surface area contributed by atoms with Crippen molar-refractivity contribution in [1.82, 2.24) is 10.3 Å². The molecule has 1 aromatic carbocycles. The Kier molecular flexibility index (Phi) is 4.16. The molecule has 0 spiro atoms. The number of nitrogens with one attached hydrogen (secondary N) is 2. The van der Waals surface area contributed by atoms with Crippen molar-refractivity contribution in [2.24, 2.45) is 0 Å². The van der Waals surface area contributed by atoms with Crippen molar-refractivity contribution in [2.75, 3.05) is 6.54 Å². The lowest BCUT2D eigenvalue weighted by Crippen LogP contribution is -2.34. The summed E-state index contributed by atoms with van der Waals surface area (Å²) < 4.78 is 0. The molecule has 4 N–H and O–H groups in total. The van der Waals surface area contributed by atoms with E-state index in [0.29, 0.717) is 16.5 Å². The van der Waals surface area contributed by atoms with E-state index >= 15 is 0 Å². The Morgan fingerprint density at radius 1 is 1.45 bits per heavy atom. The zero-order chi connectivity index (χ0) is 14.7. The van der Waals surface area contributed by atoms with E-state index in [1.807, 2.05) is 0 Å². The summed E-state index contributed by atoms with van der Waals surface area (Å²) in [5, 5.41) is 23.0. The van der Waals surface area contributed by atoms with E-state index in [4.69, 9.17) is 0 Å². The Hall–Kier alpha value is -2.18. The maximum absolute atomic E-state index is 10.9. The molecule has 0 fully saturated rings. The third kappa shape index (κ3) is 2.87. The van der Waals surface area contributed by atoms with E-state index in [1.54, 1.807) is 24.4 Å². The van der Waals surface area contributed by atoms with Gasteiger partial charge in [0.05, 0.1) is 0 Å². The highest BCUT2D eigenvalue weighted by Crippen LogP contribution is 2.24. The molecule has 0 aliphatic carbocycles. The van der Waals surface area contributed by atoms with Gasteiger partial charge in [0.1, 0.15) is 12.2 Å². The number of aldehydes is 1. The molecule has 0 aliphatic rings. The molecule has 0 radical (unpaired) electrons. The number of benzene rings is 1. The van der Waals surface area contributed by atoms with Crippen LogP contribution in [0, 0.1) is 0 Å². The number of aliphatic hydroxyl groups is 2. The summed E-state index contributed by atoms with van der Waals surface area (Å²) in [6, 6.07) is 5.04. The lowest BCUT2D eigenvalue weighted by molar-refractivity contribution is -0.119. The van der Waals surface area contributed by atoms with Crippen molar-refractivity contribution in [2.45, 2.75) is 19.1 Å². The van der Waals surface area contributed by atoms with E-state index in [2.05, 4.69) is 10.3 Å². The van der Waals surface area contributed by atoms with Crippen molar-refractivity contribution < 1.29 is 19.8 Å². The van der Waals surface area contributed by atoms with Gasteiger partial charge in [0.2, 0.25) is 5.91 Å². The molecular weight excluding hydrogens is 260 g/mol. The molecule has 2 atom stereocenters. The third-order valence-electron chi connectivity index (χ3n) is 3.13. The van der Waals surface area contributed by atoms with Crippen LogP contribution in [0.15, 0.2) is 24.4 Å². The van der Waals surface area contributed by atoms with Crippen molar-refractivity contribution in [1.29, 1.82) is 0 Å². The molecule has 106 valence electrons. The predicted octanol–water partition coefficient (Wildman–Crippen LogP) is 0.511. The lowest BCUT2D eigenvalue weighted by Gasteiger charge is -2.18. The minimum absolute atomic E-state index is 0.0395. The van der Waals surface area contributed by atoms with Crippen LogP contribution in [0.1, 0.15) is 28.9 Å². The zero-order valence-corrected chi connectivity index (χ0v) is 11.0. The van der Waals surface area contributed by atoms with E-state index < -0.39 is 12.2 Å². The topological polar surface area (TPSA) is 102 Å². The number of hydrogen-bond acceptors (Lipinski definition) is 4. The van der Waals surface area contributed by atoms with Gasteiger partial charge >= 0.3 is 0 Å². The Labute approximate surface area is 115 Å². The highest BCUT2D eigenvalue weighted by molar-refractivity contribution is 5.97. The second-order valence-electron chi connectivity index (χ2n) is 4.62. The van der Waals surface area contributed by atoms with Crippen LogP contribution in [0.4, 0.5) is 0 Å². The van der Waals surface area contributed by atoms with Crippen LogP contribution in [0.25, 0.3) is 10.9 Å². The first-order valence-electron chi connectivity index (χ1n) is 6.19. The number of hydrogen-bond donors (Lipinski definition) is 4. The molecule has 0 saturated carbocycles. The van der Waals surface area contributed by atoms with Gasteiger partial charge < -0.3 is 20.5 Å². The minimum Gasteiger partial charge on any atom is -0.388 e. The van der Waals surface area contributed by atoms with Gasteiger partial charge in [-0.05, 0) is 17.7 Å². The van der Waals surface area contributed by atoms with Gasteiger partial charge in [-0.3, -0.25) is 9.59 Å². The first-order chi connectivity index (χ1) is 9.52. The lowest BCUT2D eigenvalue weighted by atomic mass is 10.0. The number of aromatic amines is 1. The van der Waals surface area contributed by atoms with Crippen molar-refractivity contribution >= 4 is 23.1 Å². The monoisotopic (exact) mass is 276 g/mol. The molecule has 0 saturated heterocycles. The summed E-state index contributed by atoms with van der Waals surface area (Å²) in [6.07, 6.45) is 0.0558. The molecule has 0 bridgehead atoms. The Morgan fingerprint density at radius 3 is 2.85 bits per heavy atom. The first kappa shape index (κ1) is 14.2. The number of fused-ring (bicyclic) bond motifs is 1. The Balaban J connectivity index is 2.22. The quantitative estimate of drug-likeness (QED) is 0.597.